The smallest absolute Gasteiger partial charge is 0.161 e. The van der Waals surface area contributed by atoms with Crippen molar-refractivity contribution in [3.05, 3.63) is 47.4 Å². The summed E-state index contributed by atoms with van der Waals surface area (Å²) in [6.07, 6.45) is 1.11. The van der Waals surface area contributed by atoms with E-state index >= 15 is 0 Å². The van der Waals surface area contributed by atoms with Gasteiger partial charge in [-0.05, 0) is 43.7 Å². The number of nitrogens with one attached hydrogen (secondary N) is 1. The first-order valence-corrected chi connectivity index (χ1v) is 7.29. The summed E-state index contributed by atoms with van der Waals surface area (Å²) >= 11 is 0. The molecule has 2 aromatic rings. The molecule has 1 heterocycles. The van der Waals surface area contributed by atoms with Gasteiger partial charge in [0.1, 0.15) is 18.1 Å². The predicted octanol–water partition coefficient (Wildman–Crippen LogP) is 3.68. The Labute approximate surface area is 126 Å². The lowest BCUT2D eigenvalue weighted by Gasteiger charge is -2.08. The van der Waals surface area contributed by atoms with Crippen LogP contribution in [0.5, 0.6) is 11.5 Å². The summed E-state index contributed by atoms with van der Waals surface area (Å²) in [5.74, 6) is 3.25. The van der Waals surface area contributed by atoms with E-state index in [0.717, 1.165) is 48.1 Å². The fraction of sp³-hybridized carbons (Fsp3) is 0.412. The molecule has 2 rings (SSSR count). The van der Waals surface area contributed by atoms with E-state index in [1.807, 2.05) is 30.3 Å². The van der Waals surface area contributed by atoms with Crippen LogP contribution >= 0.6 is 0 Å². The van der Waals surface area contributed by atoms with Crippen molar-refractivity contribution in [3.63, 3.8) is 0 Å². The van der Waals surface area contributed by atoms with Gasteiger partial charge >= 0.3 is 0 Å². The first-order chi connectivity index (χ1) is 10.2. The Balaban J connectivity index is 1.95. The van der Waals surface area contributed by atoms with Gasteiger partial charge in [-0.2, -0.15) is 0 Å². The third-order valence-electron chi connectivity index (χ3n) is 3.22. The Bertz CT molecular complexity index is 563. The average Bonchev–Trinajstić information content (AvgIpc) is 2.86. The molecule has 0 bridgehead atoms. The van der Waals surface area contributed by atoms with Crippen LogP contribution in [0.25, 0.3) is 0 Å². The molecule has 0 fully saturated rings. The number of benzene rings is 1. The number of rotatable bonds is 8. The highest BCUT2D eigenvalue weighted by Crippen LogP contribution is 2.27. The lowest BCUT2D eigenvalue weighted by atomic mass is 10.2. The maximum atomic E-state index is 5.83. The van der Waals surface area contributed by atoms with Crippen molar-refractivity contribution in [2.45, 2.75) is 33.4 Å². The molecular formula is C17H23NO3. The molecule has 1 N–H and O–H groups in total. The molecule has 0 amide bonds. The van der Waals surface area contributed by atoms with Gasteiger partial charge in [0, 0.05) is 0 Å². The zero-order valence-electron chi connectivity index (χ0n) is 12.9. The zero-order chi connectivity index (χ0) is 15.1. The molecule has 0 radical (unpaired) electrons. The molecule has 0 spiro atoms. The second-order valence-corrected chi connectivity index (χ2v) is 4.94. The van der Waals surface area contributed by atoms with Gasteiger partial charge in [0.25, 0.3) is 0 Å². The maximum absolute atomic E-state index is 5.83. The average molecular weight is 289 g/mol. The first kappa shape index (κ1) is 15.4. The highest BCUT2D eigenvalue weighted by molar-refractivity contribution is 5.39. The van der Waals surface area contributed by atoms with Crippen LogP contribution in [0.3, 0.4) is 0 Å². The van der Waals surface area contributed by atoms with E-state index in [4.69, 9.17) is 13.9 Å². The fourth-order valence-corrected chi connectivity index (χ4v) is 2.10. The Kier molecular flexibility index (Phi) is 5.69. The van der Waals surface area contributed by atoms with Gasteiger partial charge in [-0.1, -0.05) is 19.1 Å². The summed E-state index contributed by atoms with van der Waals surface area (Å²) in [6.45, 7) is 6.35. The van der Waals surface area contributed by atoms with Crippen LogP contribution in [-0.4, -0.2) is 13.7 Å². The molecule has 4 nitrogen and oxygen atoms in total. The van der Waals surface area contributed by atoms with Gasteiger partial charge in [-0.15, -0.1) is 0 Å². The van der Waals surface area contributed by atoms with Crippen molar-refractivity contribution in [2.24, 2.45) is 0 Å². The summed E-state index contributed by atoms with van der Waals surface area (Å²) in [5.41, 5.74) is 1.15. The standard InChI is InChI=1S/C17H23NO3/c1-4-9-18-11-17-13(2)10-14(21-17)12-20-16-8-6-5-7-15(16)19-3/h5-8,10,18H,4,9,11-12H2,1-3H3. The van der Waals surface area contributed by atoms with Crippen LogP contribution in [0.2, 0.25) is 0 Å². The third-order valence-corrected chi connectivity index (χ3v) is 3.22. The van der Waals surface area contributed by atoms with Gasteiger partial charge < -0.3 is 19.2 Å². The number of hydrogen-bond donors (Lipinski definition) is 1. The van der Waals surface area contributed by atoms with Crippen molar-refractivity contribution < 1.29 is 13.9 Å². The molecule has 0 saturated heterocycles. The summed E-state index contributed by atoms with van der Waals surface area (Å²) in [4.78, 5) is 0. The molecule has 1 aromatic carbocycles. The van der Waals surface area contributed by atoms with Crippen LogP contribution in [0.4, 0.5) is 0 Å². The van der Waals surface area contributed by atoms with Crippen LogP contribution in [0, 0.1) is 6.92 Å². The second-order valence-electron chi connectivity index (χ2n) is 4.94. The van der Waals surface area contributed by atoms with E-state index in [9.17, 15) is 0 Å². The van der Waals surface area contributed by atoms with Gasteiger partial charge in [0.15, 0.2) is 11.5 Å². The van der Waals surface area contributed by atoms with Crippen molar-refractivity contribution in [3.8, 4) is 11.5 Å². The van der Waals surface area contributed by atoms with E-state index in [1.165, 1.54) is 0 Å². The lowest BCUT2D eigenvalue weighted by molar-refractivity contribution is 0.252. The van der Waals surface area contributed by atoms with Crippen molar-refractivity contribution in [1.29, 1.82) is 0 Å². The molecule has 114 valence electrons. The quantitative estimate of drug-likeness (QED) is 0.753. The Morgan fingerprint density at radius 2 is 1.95 bits per heavy atom. The van der Waals surface area contributed by atoms with E-state index in [0.29, 0.717) is 6.61 Å². The van der Waals surface area contributed by atoms with E-state index < -0.39 is 0 Å². The summed E-state index contributed by atoms with van der Waals surface area (Å²) in [7, 11) is 1.64. The minimum absolute atomic E-state index is 0.398. The number of aryl methyl sites for hydroxylation is 1. The topological polar surface area (TPSA) is 43.6 Å². The van der Waals surface area contributed by atoms with Crippen molar-refractivity contribution >= 4 is 0 Å². The molecule has 1 aromatic heterocycles. The molecule has 0 atom stereocenters. The molecule has 0 aliphatic carbocycles. The summed E-state index contributed by atoms with van der Waals surface area (Å²) < 4.78 is 16.9. The summed E-state index contributed by atoms with van der Waals surface area (Å²) in [5, 5.41) is 3.34. The Morgan fingerprint density at radius 3 is 2.67 bits per heavy atom. The monoisotopic (exact) mass is 289 g/mol. The van der Waals surface area contributed by atoms with Crippen LogP contribution in [0.1, 0.15) is 30.4 Å². The maximum Gasteiger partial charge on any atom is 0.161 e. The third kappa shape index (κ3) is 4.26. The first-order valence-electron chi connectivity index (χ1n) is 7.29. The van der Waals surface area contributed by atoms with Gasteiger partial charge in [0.05, 0.1) is 13.7 Å². The highest BCUT2D eigenvalue weighted by atomic mass is 16.5. The SMILES string of the molecule is CCCNCc1oc(COc2ccccc2OC)cc1C. The number of methoxy groups -OCH3 is 1. The van der Waals surface area contributed by atoms with Gasteiger partial charge in [-0.25, -0.2) is 0 Å². The molecule has 0 saturated carbocycles. The fourth-order valence-electron chi connectivity index (χ4n) is 2.10. The molecule has 0 aliphatic heterocycles. The molecule has 4 heteroatoms. The molecule has 21 heavy (non-hydrogen) atoms. The van der Waals surface area contributed by atoms with Crippen LogP contribution in [-0.2, 0) is 13.2 Å². The van der Waals surface area contributed by atoms with E-state index in [1.54, 1.807) is 7.11 Å². The second kappa shape index (κ2) is 7.74. The van der Waals surface area contributed by atoms with Crippen LogP contribution in [0.15, 0.2) is 34.7 Å². The molecule has 0 unspecified atom stereocenters. The normalized spacial score (nSPS) is 10.6. The number of ether oxygens (including phenoxy) is 2. The summed E-state index contributed by atoms with van der Waals surface area (Å²) in [6, 6.07) is 9.63. The zero-order valence-corrected chi connectivity index (χ0v) is 12.9. The van der Waals surface area contributed by atoms with Crippen LogP contribution < -0.4 is 14.8 Å². The minimum Gasteiger partial charge on any atom is -0.493 e. The Morgan fingerprint density at radius 1 is 1.19 bits per heavy atom. The highest BCUT2D eigenvalue weighted by Gasteiger charge is 2.09. The molecule has 0 aliphatic rings. The number of para-hydroxylation sites is 2. The van der Waals surface area contributed by atoms with Gasteiger partial charge in [0.2, 0.25) is 0 Å². The lowest BCUT2D eigenvalue weighted by Crippen LogP contribution is -2.13. The largest absolute Gasteiger partial charge is 0.493 e. The minimum atomic E-state index is 0.398. The molecular weight excluding hydrogens is 266 g/mol. The number of hydrogen-bond acceptors (Lipinski definition) is 4. The van der Waals surface area contributed by atoms with Gasteiger partial charge in [-0.3, -0.25) is 0 Å². The number of furan rings is 1. The van der Waals surface area contributed by atoms with E-state index in [2.05, 4.69) is 19.2 Å². The van der Waals surface area contributed by atoms with Crippen molar-refractivity contribution in [1.82, 2.24) is 5.32 Å². The van der Waals surface area contributed by atoms with Crippen molar-refractivity contribution in [2.75, 3.05) is 13.7 Å². The Hall–Kier alpha value is -1.94. The van der Waals surface area contributed by atoms with E-state index in [-0.39, 0.29) is 0 Å². The predicted molar refractivity (Wildman–Crippen MR) is 82.8 cm³/mol.